The Balaban J connectivity index is 2.11. The fraction of sp³-hybridized carbons (Fsp3) is 0.250. The molecule has 0 bridgehead atoms. The highest BCUT2D eigenvalue weighted by Gasteiger charge is 2.15. The van der Waals surface area contributed by atoms with Crippen LogP contribution in [0.3, 0.4) is 0 Å². The quantitative estimate of drug-likeness (QED) is 0.917. The zero-order valence-corrected chi connectivity index (χ0v) is 12.3. The minimum absolute atomic E-state index is 0.131. The second-order valence-corrected chi connectivity index (χ2v) is 4.53. The molecule has 1 unspecified atom stereocenters. The number of nitrogens with one attached hydrogen (secondary N) is 1. The van der Waals surface area contributed by atoms with E-state index in [1.54, 1.807) is 25.4 Å². The van der Waals surface area contributed by atoms with Gasteiger partial charge in [-0.15, -0.1) is 0 Å². The smallest absolute Gasteiger partial charge is 0.257 e. The maximum atomic E-state index is 12.3. The van der Waals surface area contributed by atoms with Crippen LogP contribution in [-0.4, -0.2) is 25.1 Å². The third-order valence-electron chi connectivity index (χ3n) is 3.17. The third kappa shape index (κ3) is 3.51. The van der Waals surface area contributed by atoms with E-state index in [9.17, 15) is 4.79 Å². The highest BCUT2D eigenvalue weighted by molar-refractivity contribution is 5.96. The second-order valence-electron chi connectivity index (χ2n) is 4.53. The molecule has 2 aromatic rings. The number of pyridine rings is 1. The molecule has 1 amide bonds. The molecule has 1 aromatic heterocycles. The summed E-state index contributed by atoms with van der Waals surface area (Å²) in [6, 6.07) is 10.8. The van der Waals surface area contributed by atoms with Gasteiger partial charge in [0, 0.05) is 6.20 Å². The van der Waals surface area contributed by atoms with Crippen molar-refractivity contribution in [2.75, 3.05) is 14.2 Å². The summed E-state index contributed by atoms with van der Waals surface area (Å²) in [5.41, 5.74) is 1.41. The zero-order valence-electron chi connectivity index (χ0n) is 12.3. The number of nitrogens with zero attached hydrogens (tertiary/aromatic N) is 1. The van der Waals surface area contributed by atoms with Crippen LogP contribution in [0.2, 0.25) is 0 Å². The van der Waals surface area contributed by atoms with Crippen molar-refractivity contribution in [1.82, 2.24) is 10.3 Å². The highest BCUT2D eigenvalue weighted by atomic mass is 16.5. The van der Waals surface area contributed by atoms with E-state index in [-0.39, 0.29) is 11.9 Å². The van der Waals surface area contributed by atoms with Crippen LogP contribution in [0.5, 0.6) is 11.6 Å². The number of hydrogen-bond donors (Lipinski definition) is 1. The molecule has 0 aliphatic heterocycles. The highest BCUT2D eigenvalue weighted by Crippen LogP contribution is 2.19. The molecule has 21 heavy (non-hydrogen) atoms. The van der Waals surface area contributed by atoms with Crippen LogP contribution in [-0.2, 0) is 0 Å². The Labute approximate surface area is 123 Å². The summed E-state index contributed by atoms with van der Waals surface area (Å²) in [7, 11) is 3.11. The van der Waals surface area contributed by atoms with E-state index in [0.29, 0.717) is 11.4 Å². The van der Waals surface area contributed by atoms with Crippen molar-refractivity contribution in [3.05, 3.63) is 53.7 Å². The molecular formula is C16H18N2O3. The van der Waals surface area contributed by atoms with Crippen molar-refractivity contribution in [3.63, 3.8) is 0 Å². The Morgan fingerprint density at radius 2 is 1.86 bits per heavy atom. The van der Waals surface area contributed by atoms with Crippen LogP contribution >= 0.6 is 0 Å². The Hall–Kier alpha value is -2.56. The van der Waals surface area contributed by atoms with E-state index >= 15 is 0 Å². The number of hydrogen-bond acceptors (Lipinski definition) is 4. The molecule has 1 atom stereocenters. The van der Waals surface area contributed by atoms with Gasteiger partial charge in [0.15, 0.2) is 0 Å². The van der Waals surface area contributed by atoms with Crippen LogP contribution in [0.1, 0.15) is 28.9 Å². The number of amides is 1. The van der Waals surface area contributed by atoms with Crippen molar-refractivity contribution in [3.8, 4) is 11.6 Å². The van der Waals surface area contributed by atoms with E-state index < -0.39 is 0 Å². The van der Waals surface area contributed by atoms with Crippen LogP contribution in [0, 0.1) is 0 Å². The van der Waals surface area contributed by atoms with E-state index in [1.807, 2.05) is 31.2 Å². The Morgan fingerprint density at radius 1 is 1.14 bits per heavy atom. The summed E-state index contributed by atoms with van der Waals surface area (Å²) in [5, 5.41) is 2.92. The van der Waals surface area contributed by atoms with E-state index in [0.717, 1.165) is 11.3 Å². The summed E-state index contributed by atoms with van der Waals surface area (Å²) in [6.07, 6.45) is 1.59. The second kappa shape index (κ2) is 6.74. The van der Waals surface area contributed by atoms with Crippen LogP contribution in [0.25, 0.3) is 0 Å². The predicted molar refractivity (Wildman–Crippen MR) is 79.7 cm³/mol. The maximum Gasteiger partial charge on any atom is 0.257 e. The van der Waals surface area contributed by atoms with Gasteiger partial charge in [-0.25, -0.2) is 4.98 Å². The summed E-state index contributed by atoms with van der Waals surface area (Å²) in [4.78, 5) is 16.3. The molecule has 0 aliphatic carbocycles. The fourth-order valence-electron chi connectivity index (χ4n) is 1.98. The van der Waals surface area contributed by atoms with Crippen LogP contribution in [0.15, 0.2) is 42.6 Å². The molecule has 0 radical (unpaired) electrons. The average Bonchev–Trinajstić information content (AvgIpc) is 2.54. The van der Waals surface area contributed by atoms with Crippen molar-refractivity contribution < 1.29 is 14.3 Å². The third-order valence-corrected chi connectivity index (χ3v) is 3.17. The number of ether oxygens (including phenoxy) is 2. The van der Waals surface area contributed by atoms with E-state index in [2.05, 4.69) is 10.3 Å². The fourth-order valence-corrected chi connectivity index (χ4v) is 1.98. The number of benzene rings is 1. The summed E-state index contributed by atoms with van der Waals surface area (Å²) in [6.45, 7) is 1.92. The van der Waals surface area contributed by atoms with Gasteiger partial charge in [0.2, 0.25) is 5.88 Å². The maximum absolute atomic E-state index is 12.3. The Kier molecular flexibility index (Phi) is 4.77. The average molecular weight is 286 g/mol. The lowest BCUT2D eigenvalue weighted by atomic mass is 10.1. The minimum Gasteiger partial charge on any atom is -0.497 e. The molecule has 1 aromatic carbocycles. The summed E-state index contributed by atoms with van der Waals surface area (Å²) < 4.78 is 10.2. The largest absolute Gasteiger partial charge is 0.497 e. The SMILES string of the molecule is COc1ccc(C(C)NC(=O)c2cccnc2OC)cc1. The lowest BCUT2D eigenvalue weighted by Crippen LogP contribution is -2.27. The van der Waals surface area contributed by atoms with Crippen LogP contribution < -0.4 is 14.8 Å². The van der Waals surface area contributed by atoms with E-state index in [1.165, 1.54) is 7.11 Å². The lowest BCUT2D eigenvalue weighted by molar-refractivity contribution is 0.0936. The molecule has 2 rings (SSSR count). The Bertz CT molecular complexity index is 611. The number of methoxy groups -OCH3 is 2. The van der Waals surface area contributed by atoms with Crippen molar-refractivity contribution in [2.45, 2.75) is 13.0 Å². The van der Waals surface area contributed by atoms with Gasteiger partial charge < -0.3 is 14.8 Å². The van der Waals surface area contributed by atoms with E-state index in [4.69, 9.17) is 9.47 Å². The molecule has 0 aliphatic rings. The van der Waals surface area contributed by atoms with Crippen molar-refractivity contribution in [2.24, 2.45) is 0 Å². The van der Waals surface area contributed by atoms with Gasteiger partial charge in [0.25, 0.3) is 5.91 Å². The van der Waals surface area contributed by atoms with Gasteiger partial charge in [-0.05, 0) is 36.8 Å². The molecule has 0 spiro atoms. The molecule has 5 heteroatoms. The zero-order chi connectivity index (χ0) is 15.2. The first-order valence-corrected chi connectivity index (χ1v) is 6.59. The standard InChI is InChI=1S/C16H18N2O3/c1-11(12-6-8-13(20-2)9-7-12)18-15(19)14-5-4-10-17-16(14)21-3/h4-11H,1-3H3,(H,18,19). The monoisotopic (exact) mass is 286 g/mol. The van der Waals surface area contributed by atoms with Gasteiger partial charge in [0.1, 0.15) is 11.3 Å². The normalized spacial score (nSPS) is 11.6. The predicted octanol–water partition coefficient (Wildman–Crippen LogP) is 2.59. The Morgan fingerprint density at radius 3 is 2.48 bits per heavy atom. The molecule has 1 heterocycles. The van der Waals surface area contributed by atoms with Gasteiger partial charge >= 0.3 is 0 Å². The molecular weight excluding hydrogens is 268 g/mol. The van der Waals surface area contributed by atoms with Gasteiger partial charge in [-0.3, -0.25) is 4.79 Å². The number of aromatic nitrogens is 1. The molecule has 1 N–H and O–H groups in total. The van der Waals surface area contributed by atoms with Gasteiger partial charge in [0.05, 0.1) is 20.3 Å². The number of carbonyl (C=O) groups is 1. The van der Waals surface area contributed by atoms with Crippen molar-refractivity contribution >= 4 is 5.91 Å². The van der Waals surface area contributed by atoms with Crippen molar-refractivity contribution in [1.29, 1.82) is 0 Å². The number of carbonyl (C=O) groups excluding carboxylic acids is 1. The first kappa shape index (κ1) is 14.8. The van der Waals surface area contributed by atoms with Crippen LogP contribution in [0.4, 0.5) is 0 Å². The lowest BCUT2D eigenvalue weighted by Gasteiger charge is -2.15. The molecule has 0 fully saturated rings. The summed E-state index contributed by atoms with van der Waals surface area (Å²) >= 11 is 0. The molecule has 0 saturated carbocycles. The first-order valence-electron chi connectivity index (χ1n) is 6.59. The minimum atomic E-state index is -0.219. The van der Waals surface area contributed by atoms with Gasteiger partial charge in [-0.2, -0.15) is 0 Å². The summed E-state index contributed by atoms with van der Waals surface area (Å²) in [5.74, 6) is 0.881. The number of rotatable bonds is 5. The molecule has 0 saturated heterocycles. The van der Waals surface area contributed by atoms with Gasteiger partial charge in [-0.1, -0.05) is 12.1 Å². The molecule has 5 nitrogen and oxygen atoms in total. The topological polar surface area (TPSA) is 60.5 Å². The first-order chi connectivity index (χ1) is 10.2. The molecule has 110 valence electrons.